The molecule has 0 saturated heterocycles. The second-order valence-electron chi connectivity index (χ2n) is 6.36. The standard InChI is InChI=1S/C22H14F4N2/c23-18-12-5-4-9-15(18)20-16-10-6-11-17(22(24,25)26)21(16)28-27-19(20)13-14-7-2-1-3-8-14/h1-12H,13H2. The second kappa shape index (κ2) is 7.03. The van der Waals surface area contributed by atoms with Gasteiger partial charge in [-0.3, -0.25) is 0 Å². The van der Waals surface area contributed by atoms with Crippen molar-refractivity contribution in [3.8, 4) is 11.1 Å². The first-order chi connectivity index (χ1) is 13.4. The van der Waals surface area contributed by atoms with Crippen LogP contribution >= 0.6 is 0 Å². The number of hydrogen-bond donors (Lipinski definition) is 0. The second-order valence-corrected chi connectivity index (χ2v) is 6.36. The molecular weight excluding hydrogens is 368 g/mol. The van der Waals surface area contributed by atoms with Gasteiger partial charge >= 0.3 is 6.18 Å². The Bertz CT molecular complexity index is 1140. The third-order valence-corrected chi connectivity index (χ3v) is 4.53. The van der Waals surface area contributed by atoms with Crippen LogP contribution in [0.5, 0.6) is 0 Å². The fraction of sp³-hybridized carbons (Fsp3) is 0.0909. The monoisotopic (exact) mass is 382 g/mol. The van der Waals surface area contributed by atoms with Gasteiger partial charge in [-0.1, -0.05) is 60.7 Å². The molecule has 0 radical (unpaired) electrons. The summed E-state index contributed by atoms with van der Waals surface area (Å²) >= 11 is 0. The molecule has 0 unspecified atom stereocenters. The highest BCUT2D eigenvalue weighted by Gasteiger charge is 2.34. The molecule has 0 saturated carbocycles. The fourth-order valence-electron chi connectivity index (χ4n) is 3.27. The lowest BCUT2D eigenvalue weighted by molar-refractivity contribution is -0.136. The van der Waals surface area contributed by atoms with Crippen LogP contribution < -0.4 is 0 Å². The van der Waals surface area contributed by atoms with Crippen LogP contribution in [-0.2, 0) is 12.6 Å². The number of halogens is 4. The van der Waals surface area contributed by atoms with Crippen LogP contribution in [0.3, 0.4) is 0 Å². The number of aromatic nitrogens is 2. The van der Waals surface area contributed by atoms with Gasteiger partial charge in [0.05, 0.1) is 11.3 Å². The lowest BCUT2D eigenvalue weighted by atomic mass is 9.94. The molecule has 0 spiro atoms. The van der Waals surface area contributed by atoms with Gasteiger partial charge < -0.3 is 0 Å². The molecule has 1 heterocycles. The Balaban J connectivity index is 2.02. The van der Waals surface area contributed by atoms with Gasteiger partial charge in [0.25, 0.3) is 0 Å². The van der Waals surface area contributed by atoms with Crippen molar-refractivity contribution >= 4 is 10.9 Å². The van der Waals surface area contributed by atoms with E-state index >= 15 is 0 Å². The maximum absolute atomic E-state index is 14.6. The van der Waals surface area contributed by atoms with E-state index < -0.39 is 17.6 Å². The molecule has 0 amide bonds. The SMILES string of the molecule is Fc1ccccc1-c1c(Cc2ccccc2)nnc2c(C(F)(F)F)cccc12. The molecule has 0 fully saturated rings. The predicted molar refractivity (Wildman–Crippen MR) is 99.2 cm³/mol. The number of alkyl halides is 3. The van der Waals surface area contributed by atoms with Gasteiger partial charge in [0, 0.05) is 22.9 Å². The zero-order chi connectivity index (χ0) is 19.7. The van der Waals surface area contributed by atoms with Crippen molar-refractivity contribution in [3.05, 3.63) is 95.4 Å². The highest BCUT2D eigenvalue weighted by molar-refractivity contribution is 5.97. The van der Waals surface area contributed by atoms with Crippen LogP contribution in [0, 0.1) is 5.82 Å². The van der Waals surface area contributed by atoms with Gasteiger partial charge in [-0.25, -0.2) is 4.39 Å². The van der Waals surface area contributed by atoms with Crippen molar-refractivity contribution in [3.63, 3.8) is 0 Å². The molecule has 2 nitrogen and oxygen atoms in total. The normalized spacial score (nSPS) is 11.7. The van der Waals surface area contributed by atoms with Crippen LogP contribution in [0.4, 0.5) is 17.6 Å². The van der Waals surface area contributed by atoms with Crippen LogP contribution in [0.25, 0.3) is 22.0 Å². The first kappa shape index (κ1) is 18.1. The number of hydrogen-bond acceptors (Lipinski definition) is 2. The topological polar surface area (TPSA) is 25.8 Å². The zero-order valence-electron chi connectivity index (χ0n) is 14.5. The molecule has 6 heteroatoms. The molecule has 1 aromatic heterocycles. The van der Waals surface area contributed by atoms with Gasteiger partial charge in [-0.2, -0.15) is 18.3 Å². The van der Waals surface area contributed by atoms with E-state index in [0.29, 0.717) is 17.7 Å². The van der Waals surface area contributed by atoms with E-state index in [9.17, 15) is 17.6 Å². The number of benzene rings is 3. The Hall–Kier alpha value is -3.28. The average molecular weight is 382 g/mol. The van der Waals surface area contributed by atoms with Crippen LogP contribution in [0.1, 0.15) is 16.8 Å². The van der Waals surface area contributed by atoms with Gasteiger partial charge in [-0.05, 0) is 17.7 Å². The van der Waals surface area contributed by atoms with E-state index in [0.717, 1.165) is 11.6 Å². The minimum Gasteiger partial charge on any atom is -0.206 e. The van der Waals surface area contributed by atoms with Gasteiger partial charge in [0.2, 0.25) is 0 Å². The summed E-state index contributed by atoms with van der Waals surface area (Å²) in [6.45, 7) is 0. The molecular formula is C22H14F4N2. The van der Waals surface area contributed by atoms with E-state index in [2.05, 4.69) is 10.2 Å². The molecule has 0 aliphatic rings. The van der Waals surface area contributed by atoms with Crippen molar-refractivity contribution in [2.75, 3.05) is 0 Å². The quantitative estimate of drug-likeness (QED) is 0.403. The van der Waals surface area contributed by atoms with E-state index in [4.69, 9.17) is 0 Å². The first-order valence-corrected chi connectivity index (χ1v) is 8.59. The van der Waals surface area contributed by atoms with E-state index in [1.165, 1.54) is 24.3 Å². The van der Waals surface area contributed by atoms with E-state index in [1.54, 1.807) is 12.1 Å². The maximum atomic E-state index is 14.6. The van der Waals surface area contributed by atoms with Gasteiger partial charge in [-0.15, -0.1) is 5.10 Å². The van der Waals surface area contributed by atoms with Crippen LogP contribution in [-0.4, -0.2) is 10.2 Å². The molecule has 4 rings (SSSR count). The summed E-state index contributed by atoms with van der Waals surface area (Å²) in [4.78, 5) is 0. The highest BCUT2D eigenvalue weighted by atomic mass is 19.4. The molecule has 0 bridgehead atoms. The lowest BCUT2D eigenvalue weighted by Crippen LogP contribution is -2.09. The molecule has 0 atom stereocenters. The molecule has 3 aromatic carbocycles. The summed E-state index contributed by atoms with van der Waals surface area (Å²) in [6.07, 6.45) is -4.26. The lowest BCUT2D eigenvalue weighted by Gasteiger charge is -2.15. The smallest absolute Gasteiger partial charge is 0.206 e. The van der Waals surface area contributed by atoms with Gasteiger partial charge in [0.1, 0.15) is 11.3 Å². The molecule has 4 aromatic rings. The summed E-state index contributed by atoms with van der Waals surface area (Å²) in [5.41, 5.74) is 0.681. The molecule has 140 valence electrons. The highest BCUT2D eigenvalue weighted by Crippen LogP contribution is 2.38. The van der Waals surface area contributed by atoms with Crippen molar-refractivity contribution < 1.29 is 17.6 Å². The summed E-state index contributed by atoms with van der Waals surface area (Å²) in [6, 6.07) is 19.1. The van der Waals surface area contributed by atoms with Crippen molar-refractivity contribution in [1.82, 2.24) is 10.2 Å². The number of fused-ring (bicyclic) bond motifs is 1. The third kappa shape index (κ3) is 3.33. The first-order valence-electron chi connectivity index (χ1n) is 8.59. The zero-order valence-corrected chi connectivity index (χ0v) is 14.5. The molecule has 0 N–H and O–H groups in total. The molecule has 0 aliphatic heterocycles. The van der Waals surface area contributed by atoms with Crippen molar-refractivity contribution in [2.24, 2.45) is 0 Å². The number of rotatable bonds is 3. The van der Waals surface area contributed by atoms with E-state index in [1.807, 2.05) is 30.3 Å². The maximum Gasteiger partial charge on any atom is 0.418 e. The summed E-state index contributed by atoms with van der Waals surface area (Å²) in [5, 5.41) is 8.17. The number of nitrogens with zero attached hydrogens (tertiary/aromatic N) is 2. The molecule has 0 aliphatic carbocycles. The minimum absolute atomic E-state index is 0.202. The summed E-state index contributed by atoms with van der Waals surface area (Å²) < 4.78 is 54.9. The fourth-order valence-corrected chi connectivity index (χ4v) is 3.27. The average Bonchev–Trinajstić information content (AvgIpc) is 2.68. The Kier molecular flexibility index (Phi) is 4.55. The van der Waals surface area contributed by atoms with Crippen molar-refractivity contribution in [1.29, 1.82) is 0 Å². The third-order valence-electron chi connectivity index (χ3n) is 4.53. The van der Waals surface area contributed by atoms with E-state index in [-0.39, 0.29) is 16.5 Å². The minimum atomic E-state index is -4.58. The van der Waals surface area contributed by atoms with Gasteiger partial charge in [0.15, 0.2) is 0 Å². The Morgan fingerprint density at radius 3 is 2.18 bits per heavy atom. The van der Waals surface area contributed by atoms with Crippen LogP contribution in [0.2, 0.25) is 0 Å². The largest absolute Gasteiger partial charge is 0.418 e. The molecule has 28 heavy (non-hydrogen) atoms. The Labute approximate surface area is 158 Å². The Morgan fingerprint density at radius 1 is 0.750 bits per heavy atom. The Morgan fingerprint density at radius 2 is 1.46 bits per heavy atom. The van der Waals surface area contributed by atoms with Crippen LogP contribution in [0.15, 0.2) is 72.8 Å². The summed E-state index contributed by atoms with van der Waals surface area (Å²) in [5.74, 6) is -0.525. The predicted octanol–water partition coefficient (Wildman–Crippen LogP) is 6.05. The summed E-state index contributed by atoms with van der Waals surface area (Å²) in [7, 11) is 0. The van der Waals surface area contributed by atoms with Crippen molar-refractivity contribution in [2.45, 2.75) is 12.6 Å².